The third kappa shape index (κ3) is 1.50. The van der Waals surface area contributed by atoms with Crippen molar-refractivity contribution >= 4 is 16.9 Å². The first-order valence-electron chi connectivity index (χ1n) is 5.52. The molecule has 1 heterocycles. The van der Waals surface area contributed by atoms with Crippen LogP contribution in [0.1, 0.15) is 6.42 Å². The minimum absolute atomic E-state index is 0.527. The second-order valence-electron chi connectivity index (χ2n) is 5.19. The van der Waals surface area contributed by atoms with Crippen molar-refractivity contribution in [1.82, 2.24) is 0 Å². The highest BCUT2D eigenvalue weighted by atomic mass is 28.3. The lowest BCUT2D eigenvalue weighted by Crippen LogP contribution is -2.43. The number of rotatable bonds is 2. The van der Waals surface area contributed by atoms with Crippen LogP contribution in [0.15, 0.2) is 23.4 Å². The summed E-state index contributed by atoms with van der Waals surface area (Å²) in [7, 11) is -1.34. The molecule has 0 aromatic rings. The van der Waals surface area contributed by atoms with Gasteiger partial charge in [0.05, 0.1) is 16.9 Å². The predicted molar refractivity (Wildman–Crippen MR) is 65.7 cm³/mol. The van der Waals surface area contributed by atoms with Crippen LogP contribution in [0.5, 0.6) is 0 Å². The summed E-state index contributed by atoms with van der Waals surface area (Å²) >= 11 is 0. The van der Waals surface area contributed by atoms with Gasteiger partial charge in [0.15, 0.2) is 0 Å². The van der Waals surface area contributed by atoms with E-state index in [0.717, 1.165) is 5.54 Å². The Bertz CT molecular complexity index is 259. The quantitative estimate of drug-likeness (QED) is 0.611. The van der Waals surface area contributed by atoms with Crippen LogP contribution < -0.4 is 0 Å². The molecule has 0 amide bonds. The summed E-state index contributed by atoms with van der Waals surface area (Å²) in [5, 5.41) is 1.86. The molecule has 0 aromatic heterocycles. The summed E-state index contributed by atoms with van der Waals surface area (Å²) in [5.41, 5.74) is 0.952. The molecule has 0 radical (unpaired) electrons. The van der Waals surface area contributed by atoms with Crippen LogP contribution in [0.4, 0.5) is 0 Å². The summed E-state index contributed by atoms with van der Waals surface area (Å²) in [6, 6.07) is 3.17. The molecule has 1 unspecified atom stereocenters. The van der Waals surface area contributed by atoms with Gasteiger partial charge in [0.25, 0.3) is 0 Å². The normalized spacial score (nSPS) is 30.5. The smallest absolute Gasteiger partial charge is 0.0617 e. The van der Waals surface area contributed by atoms with Gasteiger partial charge < -0.3 is 0 Å². The van der Waals surface area contributed by atoms with E-state index in [-0.39, 0.29) is 0 Å². The molecule has 1 aliphatic carbocycles. The van der Waals surface area contributed by atoms with E-state index in [1.165, 1.54) is 6.42 Å². The zero-order valence-electron chi connectivity index (χ0n) is 9.01. The van der Waals surface area contributed by atoms with Crippen molar-refractivity contribution in [3.63, 3.8) is 0 Å². The Morgan fingerprint density at radius 3 is 2.54 bits per heavy atom. The Kier molecular flexibility index (Phi) is 2.36. The summed E-state index contributed by atoms with van der Waals surface area (Å²) in [6.45, 7) is 7.56. The summed E-state index contributed by atoms with van der Waals surface area (Å²) in [4.78, 5) is 0. The molecule has 13 heavy (non-hydrogen) atoms. The largest absolute Gasteiger partial charge is 0.0805 e. The van der Waals surface area contributed by atoms with Crippen LogP contribution in [-0.2, 0) is 0 Å². The molecular weight excluding hydrogens is 188 g/mol. The molecule has 0 N–H and O–H groups in total. The average molecular weight is 208 g/mol. The fourth-order valence-corrected chi connectivity index (χ4v) is 9.82. The van der Waals surface area contributed by atoms with Crippen molar-refractivity contribution in [1.29, 1.82) is 0 Å². The highest BCUT2D eigenvalue weighted by Gasteiger charge is 2.43. The minimum atomic E-state index is -0.810. The molecule has 1 fully saturated rings. The van der Waals surface area contributed by atoms with Crippen molar-refractivity contribution in [3.05, 3.63) is 23.4 Å². The lowest BCUT2D eigenvalue weighted by atomic mass is 10.4. The Hall–Kier alpha value is -0.0862. The monoisotopic (exact) mass is 208 g/mol. The molecule has 0 spiro atoms. The molecule has 1 saturated heterocycles. The number of hydrogen-bond acceptors (Lipinski definition) is 0. The fourth-order valence-electron chi connectivity index (χ4n) is 2.72. The molecule has 2 rings (SSSR count). The highest BCUT2D eigenvalue weighted by molar-refractivity contribution is 6.85. The number of hydrogen-bond donors (Lipinski definition) is 0. The van der Waals surface area contributed by atoms with Gasteiger partial charge in [0.2, 0.25) is 0 Å². The first kappa shape index (κ1) is 9.47. The first-order valence-corrected chi connectivity index (χ1v) is 11.4. The van der Waals surface area contributed by atoms with Gasteiger partial charge in [-0.05, 0) is 5.54 Å². The van der Waals surface area contributed by atoms with Gasteiger partial charge in [-0.3, -0.25) is 0 Å². The van der Waals surface area contributed by atoms with Crippen LogP contribution in [-0.4, -0.2) is 16.9 Å². The van der Waals surface area contributed by atoms with Gasteiger partial charge >= 0.3 is 0 Å². The van der Waals surface area contributed by atoms with E-state index in [9.17, 15) is 0 Å². The zero-order valence-corrected chi connectivity index (χ0v) is 11.2. The van der Waals surface area contributed by atoms with E-state index in [4.69, 9.17) is 0 Å². The van der Waals surface area contributed by atoms with E-state index in [2.05, 4.69) is 37.9 Å². The second kappa shape index (κ2) is 3.24. The molecule has 2 aliphatic rings. The lowest BCUT2D eigenvalue weighted by Gasteiger charge is -2.43. The van der Waals surface area contributed by atoms with E-state index in [1.54, 1.807) is 12.1 Å². The van der Waals surface area contributed by atoms with E-state index < -0.39 is 16.9 Å². The van der Waals surface area contributed by atoms with E-state index >= 15 is 0 Å². The molecule has 0 nitrogen and oxygen atoms in total. The standard InChI is InChI=1S/C11H20Si2/c1-12(2)10-6-4-7-11(10)13(3)8-5-9-13/h4,6-7,11-12H,5,8-9H2,1-3H3. The van der Waals surface area contributed by atoms with Gasteiger partial charge in [-0.15, -0.1) is 0 Å². The lowest BCUT2D eigenvalue weighted by molar-refractivity contribution is 0.869. The van der Waals surface area contributed by atoms with Crippen LogP contribution in [0.3, 0.4) is 0 Å². The van der Waals surface area contributed by atoms with E-state index in [1.807, 2.05) is 5.20 Å². The van der Waals surface area contributed by atoms with Crippen molar-refractivity contribution in [2.45, 2.75) is 43.7 Å². The van der Waals surface area contributed by atoms with E-state index in [0.29, 0.717) is 0 Å². The maximum atomic E-state index is 2.61. The molecule has 1 aliphatic heterocycles. The molecule has 0 aromatic carbocycles. The third-order valence-electron chi connectivity index (χ3n) is 3.86. The van der Waals surface area contributed by atoms with Crippen molar-refractivity contribution in [2.75, 3.05) is 0 Å². The van der Waals surface area contributed by atoms with Gasteiger partial charge in [0.1, 0.15) is 0 Å². The maximum absolute atomic E-state index is 2.61. The third-order valence-corrected chi connectivity index (χ3v) is 11.1. The predicted octanol–water partition coefficient (Wildman–Crippen LogP) is 3.36. The summed E-state index contributed by atoms with van der Waals surface area (Å²) in [6.07, 6.45) is 8.77. The van der Waals surface area contributed by atoms with Crippen molar-refractivity contribution < 1.29 is 0 Å². The van der Waals surface area contributed by atoms with Gasteiger partial charge in [-0.1, -0.05) is 61.6 Å². The van der Waals surface area contributed by atoms with Crippen LogP contribution in [0.2, 0.25) is 37.3 Å². The summed E-state index contributed by atoms with van der Waals surface area (Å²) < 4.78 is 0. The fraction of sp³-hybridized carbons (Fsp3) is 0.636. The molecule has 0 bridgehead atoms. The van der Waals surface area contributed by atoms with Gasteiger partial charge in [-0.25, -0.2) is 0 Å². The van der Waals surface area contributed by atoms with Gasteiger partial charge in [-0.2, -0.15) is 0 Å². The minimum Gasteiger partial charge on any atom is -0.0805 e. The zero-order chi connectivity index (χ0) is 9.47. The molecular formula is C11H20Si2. The number of allylic oxidation sites excluding steroid dienone is 4. The Morgan fingerprint density at radius 1 is 1.38 bits per heavy atom. The average Bonchev–Trinajstić information content (AvgIpc) is 2.47. The van der Waals surface area contributed by atoms with Gasteiger partial charge in [0, 0.05) is 0 Å². The molecule has 0 saturated carbocycles. The van der Waals surface area contributed by atoms with Crippen molar-refractivity contribution in [2.24, 2.45) is 0 Å². The molecule has 2 heteroatoms. The Morgan fingerprint density at radius 2 is 2.08 bits per heavy atom. The van der Waals surface area contributed by atoms with Crippen LogP contribution in [0, 0.1) is 0 Å². The molecule has 72 valence electrons. The van der Waals surface area contributed by atoms with Crippen LogP contribution in [0.25, 0.3) is 0 Å². The Balaban J connectivity index is 2.15. The maximum Gasteiger partial charge on any atom is 0.0617 e. The molecule has 1 atom stereocenters. The van der Waals surface area contributed by atoms with Crippen LogP contribution >= 0.6 is 0 Å². The van der Waals surface area contributed by atoms with Crippen molar-refractivity contribution in [3.8, 4) is 0 Å². The summed E-state index contributed by atoms with van der Waals surface area (Å²) in [5.74, 6) is 0. The Labute approximate surface area is 84.4 Å². The second-order valence-corrected chi connectivity index (χ2v) is 13.1. The topological polar surface area (TPSA) is 0 Å². The SMILES string of the molecule is C[SiH](C)C1=CC=CC1[Si]1(C)CCC1. The first-order chi connectivity index (χ1) is 6.13. The highest BCUT2D eigenvalue weighted by Crippen LogP contribution is 2.47.